The molecule has 2 aromatic rings. The molecule has 18 heavy (non-hydrogen) atoms. The number of aromatic nitrogens is 1. The Morgan fingerprint density at radius 1 is 1.33 bits per heavy atom. The molecule has 0 N–H and O–H groups in total. The average molecular weight is 278 g/mol. The molecular weight excluding hydrogens is 266 g/mol. The fourth-order valence-electron chi connectivity index (χ4n) is 2.12. The maximum absolute atomic E-state index is 11.8. The summed E-state index contributed by atoms with van der Waals surface area (Å²) >= 11 is 7.75. The van der Waals surface area contributed by atoms with Crippen molar-refractivity contribution in [2.45, 2.75) is 26.2 Å². The van der Waals surface area contributed by atoms with E-state index >= 15 is 0 Å². The normalized spacial score (nSPS) is 14.7. The van der Waals surface area contributed by atoms with Crippen LogP contribution in [0.2, 0.25) is 5.02 Å². The van der Waals surface area contributed by atoms with Gasteiger partial charge < -0.3 is 0 Å². The van der Waals surface area contributed by atoms with Gasteiger partial charge in [0.2, 0.25) is 0 Å². The maximum atomic E-state index is 11.8. The van der Waals surface area contributed by atoms with Crippen molar-refractivity contribution in [3.8, 4) is 10.6 Å². The molecule has 0 saturated heterocycles. The number of carbonyl (C=O) groups excluding carboxylic acids is 1. The third-order valence-electron chi connectivity index (χ3n) is 3.19. The van der Waals surface area contributed by atoms with Gasteiger partial charge in [0.05, 0.1) is 0 Å². The van der Waals surface area contributed by atoms with Crippen LogP contribution in [-0.2, 0) is 6.42 Å². The van der Waals surface area contributed by atoms with Gasteiger partial charge in [0, 0.05) is 21.9 Å². The second-order valence-corrected chi connectivity index (χ2v) is 6.02. The highest BCUT2D eigenvalue weighted by Gasteiger charge is 2.22. The minimum atomic E-state index is 0.178. The van der Waals surface area contributed by atoms with Crippen LogP contribution in [0.3, 0.4) is 0 Å². The predicted octanol–water partition coefficient (Wildman–Crippen LogP) is 4.29. The van der Waals surface area contributed by atoms with Crippen molar-refractivity contribution >= 4 is 28.7 Å². The van der Waals surface area contributed by atoms with Gasteiger partial charge in [0.1, 0.15) is 10.7 Å². The molecule has 0 saturated carbocycles. The lowest BCUT2D eigenvalue weighted by molar-refractivity contribution is 0.0968. The Bertz CT molecular complexity index is 633. The van der Waals surface area contributed by atoms with Gasteiger partial charge in [-0.3, -0.25) is 4.79 Å². The summed E-state index contributed by atoms with van der Waals surface area (Å²) < 4.78 is 0. The van der Waals surface area contributed by atoms with Crippen LogP contribution < -0.4 is 0 Å². The molecule has 0 amide bonds. The molecule has 1 aromatic carbocycles. The Labute approximate surface area is 115 Å². The van der Waals surface area contributed by atoms with Crippen LogP contribution in [0.25, 0.3) is 10.6 Å². The van der Waals surface area contributed by atoms with Crippen LogP contribution in [-0.4, -0.2) is 10.8 Å². The fraction of sp³-hybridized carbons (Fsp3) is 0.286. The predicted molar refractivity (Wildman–Crippen MR) is 74.6 cm³/mol. The first-order valence-corrected chi connectivity index (χ1v) is 7.14. The molecule has 2 nitrogen and oxygen atoms in total. The first kappa shape index (κ1) is 11.9. The van der Waals surface area contributed by atoms with Gasteiger partial charge in [-0.25, -0.2) is 4.98 Å². The molecule has 0 atom stereocenters. The number of nitrogens with zero attached hydrogens (tertiary/aromatic N) is 1. The Kier molecular flexibility index (Phi) is 2.96. The lowest BCUT2D eigenvalue weighted by Gasteiger charge is -2.06. The van der Waals surface area contributed by atoms with E-state index < -0.39 is 0 Å². The van der Waals surface area contributed by atoms with Gasteiger partial charge >= 0.3 is 0 Å². The van der Waals surface area contributed by atoms with E-state index in [4.69, 9.17) is 11.6 Å². The summed E-state index contributed by atoms with van der Waals surface area (Å²) in [7, 11) is 0. The fourth-order valence-corrected chi connectivity index (χ4v) is 3.41. The quantitative estimate of drug-likeness (QED) is 0.778. The SMILES string of the molecule is Cc1ccc(-c2nc3c(s2)CCCC3=O)cc1Cl. The molecule has 0 unspecified atom stereocenters. The zero-order valence-electron chi connectivity index (χ0n) is 10.00. The number of thiazole rings is 1. The summed E-state index contributed by atoms with van der Waals surface area (Å²) in [4.78, 5) is 17.4. The van der Waals surface area contributed by atoms with Crippen LogP contribution in [0.1, 0.15) is 33.8 Å². The highest BCUT2D eigenvalue weighted by Crippen LogP contribution is 2.34. The highest BCUT2D eigenvalue weighted by molar-refractivity contribution is 7.15. The molecule has 1 aromatic heterocycles. The topological polar surface area (TPSA) is 30.0 Å². The zero-order valence-corrected chi connectivity index (χ0v) is 11.6. The number of carbonyl (C=O) groups is 1. The number of ketones is 1. The van der Waals surface area contributed by atoms with E-state index in [0.717, 1.165) is 38.9 Å². The number of rotatable bonds is 1. The van der Waals surface area contributed by atoms with Crippen molar-refractivity contribution in [3.63, 3.8) is 0 Å². The van der Waals surface area contributed by atoms with Crippen molar-refractivity contribution in [1.29, 1.82) is 0 Å². The van der Waals surface area contributed by atoms with Crippen LogP contribution in [0.4, 0.5) is 0 Å². The Hall–Kier alpha value is -1.19. The van der Waals surface area contributed by atoms with E-state index in [1.54, 1.807) is 11.3 Å². The minimum Gasteiger partial charge on any atom is -0.292 e. The molecule has 1 heterocycles. The molecule has 1 aliphatic rings. The molecular formula is C14H12ClNOS. The number of benzene rings is 1. The van der Waals surface area contributed by atoms with Gasteiger partial charge in [0.15, 0.2) is 5.78 Å². The summed E-state index contributed by atoms with van der Waals surface area (Å²) in [5.74, 6) is 0.178. The monoisotopic (exact) mass is 277 g/mol. The molecule has 0 bridgehead atoms. The second-order valence-electron chi connectivity index (χ2n) is 4.53. The van der Waals surface area contributed by atoms with Crippen LogP contribution in [0.15, 0.2) is 18.2 Å². The van der Waals surface area contributed by atoms with Gasteiger partial charge in [0.25, 0.3) is 0 Å². The second kappa shape index (κ2) is 4.48. The van der Waals surface area contributed by atoms with Crippen molar-refractivity contribution in [3.05, 3.63) is 39.4 Å². The molecule has 0 spiro atoms. The lowest BCUT2D eigenvalue weighted by atomic mass is 10.0. The first-order chi connectivity index (χ1) is 8.65. The summed E-state index contributed by atoms with van der Waals surface area (Å²) in [6, 6.07) is 5.92. The van der Waals surface area contributed by atoms with E-state index in [2.05, 4.69) is 4.98 Å². The summed E-state index contributed by atoms with van der Waals surface area (Å²) in [5, 5.41) is 1.64. The van der Waals surface area contributed by atoms with E-state index in [1.807, 2.05) is 25.1 Å². The molecule has 0 aliphatic heterocycles. The minimum absolute atomic E-state index is 0.178. The van der Waals surface area contributed by atoms with E-state index in [-0.39, 0.29) is 5.78 Å². The Morgan fingerprint density at radius 3 is 2.89 bits per heavy atom. The molecule has 0 radical (unpaired) electrons. The summed E-state index contributed by atoms with van der Waals surface area (Å²) in [6.07, 6.45) is 2.55. The van der Waals surface area contributed by atoms with Gasteiger partial charge in [-0.2, -0.15) is 0 Å². The zero-order chi connectivity index (χ0) is 12.7. The highest BCUT2D eigenvalue weighted by atomic mass is 35.5. The number of hydrogen-bond acceptors (Lipinski definition) is 3. The average Bonchev–Trinajstić information content (AvgIpc) is 2.78. The van der Waals surface area contributed by atoms with E-state index in [9.17, 15) is 4.79 Å². The third kappa shape index (κ3) is 1.98. The molecule has 4 heteroatoms. The molecule has 92 valence electrons. The summed E-state index contributed by atoms with van der Waals surface area (Å²) in [6.45, 7) is 1.97. The first-order valence-electron chi connectivity index (χ1n) is 5.94. The maximum Gasteiger partial charge on any atom is 0.182 e. The number of fused-ring (bicyclic) bond motifs is 1. The lowest BCUT2D eigenvalue weighted by Crippen LogP contribution is -2.08. The number of Topliss-reactive ketones (excluding diaryl/α,β-unsaturated/α-hetero) is 1. The van der Waals surface area contributed by atoms with E-state index in [1.165, 1.54) is 0 Å². The number of hydrogen-bond donors (Lipinski definition) is 0. The number of aryl methyl sites for hydroxylation is 2. The third-order valence-corrected chi connectivity index (χ3v) is 4.76. The van der Waals surface area contributed by atoms with Gasteiger partial charge in [-0.05, 0) is 31.4 Å². The largest absolute Gasteiger partial charge is 0.292 e. The van der Waals surface area contributed by atoms with Crippen LogP contribution in [0, 0.1) is 6.92 Å². The van der Waals surface area contributed by atoms with Gasteiger partial charge in [-0.1, -0.05) is 23.7 Å². The molecule has 1 aliphatic carbocycles. The Balaban J connectivity index is 2.07. The van der Waals surface area contributed by atoms with Crippen molar-refractivity contribution < 1.29 is 4.79 Å². The van der Waals surface area contributed by atoms with Crippen molar-refractivity contribution in [2.24, 2.45) is 0 Å². The van der Waals surface area contributed by atoms with Crippen molar-refractivity contribution in [2.75, 3.05) is 0 Å². The Morgan fingerprint density at radius 2 is 2.17 bits per heavy atom. The number of halogens is 1. The van der Waals surface area contributed by atoms with Crippen LogP contribution >= 0.6 is 22.9 Å². The van der Waals surface area contributed by atoms with Gasteiger partial charge in [-0.15, -0.1) is 11.3 Å². The molecule has 0 fully saturated rings. The smallest absolute Gasteiger partial charge is 0.182 e. The van der Waals surface area contributed by atoms with Crippen molar-refractivity contribution in [1.82, 2.24) is 4.98 Å². The standard InChI is InChI=1S/C14H12ClNOS/c1-8-5-6-9(7-10(8)15)14-16-13-11(17)3-2-4-12(13)18-14/h5-7H,2-4H2,1H3. The van der Waals surface area contributed by atoms with Crippen LogP contribution in [0.5, 0.6) is 0 Å². The molecule has 3 rings (SSSR count). The van der Waals surface area contributed by atoms with E-state index in [0.29, 0.717) is 12.1 Å². The summed E-state index contributed by atoms with van der Waals surface area (Å²) in [5.41, 5.74) is 2.73.